The zero-order chi connectivity index (χ0) is 35.3. The van der Waals surface area contributed by atoms with Crippen LogP contribution >= 0.6 is 0 Å². The Labute approximate surface area is 298 Å². The van der Waals surface area contributed by atoms with Crippen LogP contribution in [0, 0.1) is 0 Å². The fourth-order valence-corrected chi connectivity index (χ4v) is 61.6. The molecule has 0 aromatic heterocycles. The Hall–Kier alpha value is -4.37. The number of hydrogen-bond acceptors (Lipinski definition) is 0. The fourth-order valence-electron chi connectivity index (χ4n) is 11.9. The number of hydrogen-bond donors (Lipinski definition) is 0. The van der Waals surface area contributed by atoms with Gasteiger partial charge < -0.3 is 0 Å². The van der Waals surface area contributed by atoms with E-state index in [1.54, 1.807) is 3.32 Å². The van der Waals surface area contributed by atoms with E-state index in [2.05, 4.69) is 199 Å². The van der Waals surface area contributed by atoms with E-state index in [1.165, 1.54) is 77.2 Å². The van der Waals surface area contributed by atoms with Crippen LogP contribution in [0.1, 0.15) is 43.5 Å². The van der Waals surface area contributed by atoms with Crippen LogP contribution in [-0.4, -0.2) is 6.94 Å². The van der Waals surface area contributed by atoms with E-state index < -0.39 is 14.2 Å². The average Bonchev–Trinajstić information content (AvgIpc) is 3.69. The van der Waals surface area contributed by atoms with E-state index in [4.69, 9.17) is 0 Å². The third kappa shape index (κ3) is 4.33. The van der Waals surface area contributed by atoms with Gasteiger partial charge in [0.05, 0.1) is 0 Å². The van der Waals surface area contributed by atoms with Crippen molar-refractivity contribution >= 4 is 44.0 Å². The van der Waals surface area contributed by atoms with Crippen molar-refractivity contribution in [2.45, 2.75) is 35.2 Å². The van der Waals surface area contributed by atoms with Crippen LogP contribution < -0.4 is 3.32 Å². The first-order chi connectivity index (χ1) is 24.3. The molecule has 0 saturated carbocycles. The molecule has 9 rings (SSSR count). The van der Waals surface area contributed by atoms with Crippen molar-refractivity contribution in [3.05, 3.63) is 185 Å². The van der Waals surface area contributed by atoms with E-state index in [0.717, 1.165) is 0 Å². The first-order valence-corrected chi connectivity index (χ1v) is 43.6. The summed E-state index contributed by atoms with van der Waals surface area (Å²) in [5.41, 5.74) is 14.0. The molecule has 0 N–H and O–H groups in total. The Bertz CT molecular complexity index is 2640. The minimum atomic E-state index is -5.59. The summed E-state index contributed by atoms with van der Waals surface area (Å²) in [5, 5.41) is 5.19. The number of fused-ring (bicyclic) bond motifs is 4. The van der Waals surface area contributed by atoms with E-state index in [9.17, 15) is 0 Å². The summed E-state index contributed by atoms with van der Waals surface area (Å²) in [4.78, 5) is 0. The van der Waals surface area contributed by atoms with Gasteiger partial charge in [-0.2, -0.15) is 0 Å². The normalized spacial score (nSPS) is 19.0. The molecule has 0 fully saturated rings. The van der Waals surface area contributed by atoms with E-state index in [-0.39, 0.29) is 7.35 Å². The number of benzene rings is 7. The summed E-state index contributed by atoms with van der Waals surface area (Å²) >= 11 is -5.59. The summed E-state index contributed by atoms with van der Waals surface area (Å²) in [6, 6.07) is 57.2. The molecule has 0 spiro atoms. The van der Waals surface area contributed by atoms with Crippen LogP contribution in [-0.2, 0) is 14.2 Å². The summed E-state index contributed by atoms with van der Waals surface area (Å²) in [6.07, 6.45) is 5.11. The van der Waals surface area contributed by atoms with Gasteiger partial charge in [-0.25, -0.2) is 0 Å². The molecule has 2 aliphatic rings. The van der Waals surface area contributed by atoms with Gasteiger partial charge in [0, 0.05) is 0 Å². The van der Waals surface area contributed by atoms with Gasteiger partial charge in [-0.15, -0.1) is 0 Å². The molecule has 0 heterocycles. The first-order valence-electron chi connectivity index (χ1n) is 18.5. The second-order valence-electron chi connectivity index (χ2n) is 18.8. The summed E-state index contributed by atoms with van der Waals surface area (Å²) in [7, 11) is 0. The van der Waals surface area contributed by atoms with Crippen molar-refractivity contribution in [2.75, 3.05) is 0 Å². The molecule has 0 aliphatic heterocycles. The Morgan fingerprint density at radius 3 is 1.25 bits per heavy atom. The van der Waals surface area contributed by atoms with Gasteiger partial charge in [0.2, 0.25) is 0 Å². The zero-order valence-electron chi connectivity index (χ0n) is 30.5. The van der Waals surface area contributed by atoms with Gasteiger partial charge >= 0.3 is 301 Å². The molecule has 0 nitrogen and oxygen atoms in total. The van der Waals surface area contributed by atoms with Crippen LogP contribution in [0.3, 0.4) is 0 Å². The third-order valence-electron chi connectivity index (χ3n) is 13.7. The second-order valence-corrected chi connectivity index (χ2v) is 95.6. The van der Waals surface area contributed by atoms with Gasteiger partial charge in [-0.3, -0.25) is 0 Å². The summed E-state index contributed by atoms with van der Waals surface area (Å²) < 4.78 is 10.5. The molecular formula is C49H46HfSi. The van der Waals surface area contributed by atoms with Crippen molar-refractivity contribution in [1.82, 2.24) is 0 Å². The predicted octanol–water partition coefficient (Wildman–Crippen LogP) is 12.7. The quantitative estimate of drug-likeness (QED) is 0.152. The maximum absolute atomic E-state index is 5.59. The van der Waals surface area contributed by atoms with E-state index >= 15 is 0 Å². The number of allylic oxidation sites excluding steroid dienone is 2. The van der Waals surface area contributed by atoms with Crippen molar-refractivity contribution in [3.63, 3.8) is 0 Å². The molecular weight excluding hydrogens is 795 g/mol. The van der Waals surface area contributed by atoms with Crippen molar-refractivity contribution in [3.8, 4) is 22.3 Å². The Balaban J connectivity index is 1.34. The van der Waals surface area contributed by atoms with E-state index in [1.807, 2.05) is 0 Å². The molecule has 0 bridgehead atoms. The van der Waals surface area contributed by atoms with Crippen LogP contribution in [0.5, 0.6) is 0 Å². The predicted molar refractivity (Wildman–Crippen MR) is 224 cm³/mol. The molecule has 51 heavy (non-hydrogen) atoms. The van der Waals surface area contributed by atoms with Gasteiger partial charge in [-0.05, 0) is 0 Å². The molecule has 7 aromatic carbocycles. The fraction of sp³-hybridized carbons (Fsp3) is 0.143. The Kier molecular flexibility index (Phi) is 6.47. The molecule has 2 unspecified atom stereocenters. The van der Waals surface area contributed by atoms with Gasteiger partial charge in [0.1, 0.15) is 0 Å². The molecule has 2 atom stereocenters. The van der Waals surface area contributed by atoms with Gasteiger partial charge in [0.15, 0.2) is 0 Å². The SMILES string of the molecule is CC1=Cc2c(-c3cccc4ccccc34)cccc2[CH]1[Hf]([CH3])([CH3])([CH3])(=[SiH2])([c]1ccccc1)[CH]1C(C)=Cc2c(-c3cccc4ccccc34)cccc21. The molecule has 2 heteroatoms. The van der Waals surface area contributed by atoms with Gasteiger partial charge in [0.25, 0.3) is 0 Å². The van der Waals surface area contributed by atoms with Crippen molar-refractivity contribution in [1.29, 1.82) is 0 Å². The average molecular weight is 841 g/mol. The first kappa shape index (κ1) is 32.5. The monoisotopic (exact) mass is 842 g/mol. The molecule has 0 amide bonds. The number of rotatable bonds is 5. The van der Waals surface area contributed by atoms with Crippen LogP contribution in [0.25, 0.3) is 56.0 Å². The zero-order valence-corrected chi connectivity index (χ0v) is 35.5. The maximum atomic E-state index is 2.81. The molecule has 7 aromatic rings. The topological polar surface area (TPSA) is 0 Å². The Morgan fingerprint density at radius 1 is 0.412 bits per heavy atom. The summed E-state index contributed by atoms with van der Waals surface area (Å²) in [5.74, 6) is 0. The molecule has 2 aliphatic carbocycles. The van der Waals surface area contributed by atoms with Crippen molar-refractivity contribution in [2.24, 2.45) is 0 Å². The van der Waals surface area contributed by atoms with Crippen LogP contribution in [0.4, 0.5) is 0 Å². The minimum absolute atomic E-state index is 0.264. The van der Waals surface area contributed by atoms with Crippen LogP contribution in [0.15, 0.2) is 163 Å². The summed E-state index contributed by atoms with van der Waals surface area (Å²) in [6.45, 7) is 7.31. The molecule has 0 radical (unpaired) electrons. The van der Waals surface area contributed by atoms with Gasteiger partial charge in [-0.1, -0.05) is 0 Å². The van der Waals surface area contributed by atoms with E-state index in [0.29, 0.717) is 0 Å². The molecule has 0 saturated heterocycles. The molecule has 250 valence electrons. The van der Waals surface area contributed by atoms with Crippen LogP contribution in [0.2, 0.25) is 14.0 Å². The third-order valence-corrected chi connectivity index (χ3v) is 60.3. The Morgan fingerprint density at radius 2 is 0.784 bits per heavy atom. The standard InChI is InChI=1S/2C20H15.C6H5.3CH3.Hf.H2Si/c2*1-14-12-16-8-5-11-19(20(16)13-14)18-10-4-7-15-6-2-3-9-17(15)18;1-2-4-6-5-3-1;;;;;/h2*2-13H,1H3;1-5H;3*1H3;;1H2. The second kappa shape index (κ2) is 10.1. The van der Waals surface area contributed by atoms with Crippen molar-refractivity contribution < 1.29 is 14.2 Å².